The Morgan fingerprint density at radius 2 is 1.75 bits per heavy atom. The molecule has 5 aliphatic rings. The van der Waals surface area contributed by atoms with Crippen molar-refractivity contribution in [3.63, 3.8) is 0 Å². The molecular formula is C25H35NO2. The molecule has 1 heterocycles. The fourth-order valence-corrected chi connectivity index (χ4v) is 7.61. The van der Waals surface area contributed by atoms with E-state index in [1.807, 2.05) is 0 Å². The molecule has 0 radical (unpaired) electrons. The Balaban J connectivity index is 1.38. The highest BCUT2D eigenvalue weighted by molar-refractivity contribution is 5.96. The van der Waals surface area contributed by atoms with Crippen molar-refractivity contribution in [2.24, 2.45) is 28.6 Å². The Labute approximate surface area is 169 Å². The SMILES string of the molecule is C[C@]12CC=C(C(=O)N3CCCCC3)C=C1CC[C@@H]1[C@@H]2CC[C@]2(C)C(=O)CC[C@@H]12. The maximum absolute atomic E-state index is 13.0. The van der Waals surface area contributed by atoms with Gasteiger partial charge in [0, 0.05) is 30.5 Å². The van der Waals surface area contributed by atoms with Crippen molar-refractivity contribution in [2.75, 3.05) is 13.1 Å². The number of amides is 1. The Hall–Kier alpha value is -1.38. The molecule has 3 nitrogen and oxygen atoms in total. The van der Waals surface area contributed by atoms with Crippen molar-refractivity contribution >= 4 is 11.7 Å². The normalized spacial score (nSPS) is 42.9. The molecule has 0 spiro atoms. The summed E-state index contributed by atoms with van der Waals surface area (Å²) in [5.41, 5.74) is 2.62. The summed E-state index contributed by atoms with van der Waals surface area (Å²) in [6.45, 7) is 6.56. The number of hydrogen-bond donors (Lipinski definition) is 0. The van der Waals surface area contributed by atoms with Crippen molar-refractivity contribution in [1.29, 1.82) is 0 Å². The highest BCUT2D eigenvalue weighted by Crippen LogP contribution is 2.64. The number of carbonyl (C=O) groups excluding carboxylic acids is 2. The van der Waals surface area contributed by atoms with E-state index in [1.165, 1.54) is 24.8 Å². The van der Waals surface area contributed by atoms with Crippen molar-refractivity contribution in [3.8, 4) is 0 Å². The van der Waals surface area contributed by atoms with Gasteiger partial charge in [-0.1, -0.05) is 31.6 Å². The third-order valence-corrected chi connectivity index (χ3v) is 9.41. The summed E-state index contributed by atoms with van der Waals surface area (Å²) in [6.07, 6.45) is 15.6. The first-order valence-corrected chi connectivity index (χ1v) is 11.7. The maximum Gasteiger partial charge on any atom is 0.253 e. The van der Waals surface area contributed by atoms with E-state index >= 15 is 0 Å². The molecule has 1 saturated heterocycles. The minimum Gasteiger partial charge on any atom is -0.339 e. The lowest BCUT2D eigenvalue weighted by Crippen LogP contribution is -2.50. The van der Waals surface area contributed by atoms with E-state index in [0.29, 0.717) is 23.5 Å². The van der Waals surface area contributed by atoms with E-state index in [-0.39, 0.29) is 16.7 Å². The molecule has 1 aliphatic heterocycles. The number of fused-ring (bicyclic) bond motifs is 5. The third-order valence-electron chi connectivity index (χ3n) is 9.41. The van der Waals surface area contributed by atoms with Crippen molar-refractivity contribution in [3.05, 3.63) is 23.3 Å². The van der Waals surface area contributed by atoms with Crippen molar-refractivity contribution in [2.45, 2.75) is 78.1 Å². The van der Waals surface area contributed by atoms with E-state index in [0.717, 1.165) is 63.6 Å². The molecule has 0 bridgehead atoms. The van der Waals surface area contributed by atoms with Gasteiger partial charge < -0.3 is 4.90 Å². The van der Waals surface area contributed by atoms with Crippen LogP contribution in [0, 0.1) is 28.6 Å². The zero-order chi connectivity index (χ0) is 19.5. The van der Waals surface area contributed by atoms with Gasteiger partial charge in [0.25, 0.3) is 5.91 Å². The number of ketones is 1. The van der Waals surface area contributed by atoms with Crippen LogP contribution in [0.4, 0.5) is 0 Å². The molecule has 3 saturated carbocycles. The van der Waals surface area contributed by atoms with Crippen LogP contribution in [-0.2, 0) is 9.59 Å². The number of rotatable bonds is 1. The van der Waals surface area contributed by atoms with Crippen LogP contribution in [0.5, 0.6) is 0 Å². The van der Waals surface area contributed by atoms with Crippen LogP contribution in [0.1, 0.15) is 78.1 Å². The van der Waals surface area contributed by atoms with E-state index in [2.05, 4.69) is 30.9 Å². The molecule has 1 amide bonds. The summed E-state index contributed by atoms with van der Waals surface area (Å²) in [5, 5.41) is 0. The summed E-state index contributed by atoms with van der Waals surface area (Å²) < 4.78 is 0. The quantitative estimate of drug-likeness (QED) is 0.636. The minimum atomic E-state index is -0.0430. The van der Waals surface area contributed by atoms with Gasteiger partial charge in [-0.2, -0.15) is 0 Å². The summed E-state index contributed by atoms with van der Waals surface area (Å²) in [5.74, 6) is 2.76. The van der Waals surface area contributed by atoms with Gasteiger partial charge in [-0.05, 0) is 81.0 Å². The average Bonchev–Trinajstić information content (AvgIpc) is 3.02. The molecule has 0 aromatic heterocycles. The molecule has 0 N–H and O–H groups in total. The molecule has 0 aromatic rings. The van der Waals surface area contributed by atoms with Gasteiger partial charge >= 0.3 is 0 Å². The molecule has 28 heavy (non-hydrogen) atoms. The van der Waals surface area contributed by atoms with E-state index in [4.69, 9.17) is 0 Å². The first kappa shape index (κ1) is 18.6. The maximum atomic E-state index is 13.0. The molecule has 0 unspecified atom stereocenters. The topological polar surface area (TPSA) is 37.4 Å². The van der Waals surface area contributed by atoms with Crippen LogP contribution >= 0.6 is 0 Å². The van der Waals surface area contributed by atoms with Gasteiger partial charge in [0.15, 0.2) is 0 Å². The lowest BCUT2D eigenvalue weighted by atomic mass is 9.48. The summed E-state index contributed by atoms with van der Waals surface area (Å²) >= 11 is 0. The molecule has 3 heteroatoms. The fourth-order valence-electron chi connectivity index (χ4n) is 7.61. The van der Waals surface area contributed by atoms with Gasteiger partial charge in [0.1, 0.15) is 5.78 Å². The van der Waals surface area contributed by atoms with Crippen LogP contribution < -0.4 is 0 Å². The van der Waals surface area contributed by atoms with Gasteiger partial charge in [-0.15, -0.1) is 0 Å². The third kappa shape index (κ3) is 2.60. The Morgan fingerprint density at radius 3 is 2.54 bits per heavy atom. The first-order chi connectivity index (χ1) is 13.4. The van der Waals surface area contributed by atoms with Crippen LogP contribution in [0.15, 0.2) is 23.3 Å². The second kappa shape index (κ2) is 6.57. The zero-order valence-electron chi connectivity index (χ0n) is 17.6. The standard InChI is InChI=1S/C25H35NO2/c1-24-12-10-17(23(28)26-14-4-3-5-15-26)16-18(24)6-7-19-20-8-9-22(27)25(20,2)13-11-21(19)24/h10,16,19-21H,3-9,11-15H2,1-2H3/t19-,20-,21-,24-,25-/m0/s1. The van der Waals surface area contributed by atoms with Gasteiger partial charge in [-0.3, -0.25) is 9.59 Å². The number of hydrogen-bond acceptors (Lipinski definition) is 2. The summed E-state index contributed by atoms with van der Waals surface area (Å²) in [6, 6.07) is 0. The number of allylic oxidation sites excluding steroid dienone is 2. The predicted octanol–water partition coefficient (Wildman–Crippen LogP) is 5.07. The Kier molecular flexibility index (Phi) is 4.37. The van der Waals surface area contributed by atoms with Crippen LogP contribution in [-0.4, -0.2) is 29.7 Å². The van der Waals surface area contributed by atoms with E-state index < -0.39 is 0 Å². The monoisotopic (exact) mass is 381 g/mol. The van der Waals surface area contributed by atoms with Gasteiger partial charge in [0.2, 0.25) is 0 Å². The van der Waals surface area contributed by atoms with Gasteiger partial charge in [0.05, 0.1) is 0 Å². The molecule has 0 aromatic carbocycles. The molecule has 152 valence electrons. The second-order valence-electron chi connectivity index (χ2n) is 10.6. The van der Waals surface area contributed by atoms with Crippen LogP contribution in [0.25, 0.3) is 0 Å². The lowest BCUT2D eigenvalue weighted by Gasteiger charge is -2.56. The van der Waals surface area contributed by atoms with Crippen LogP contribution in [0.3, 0.4) is 0 Å². The van der Waals surface area contributed by atoms with Crippen LogP contribution in [0.2, 0.25) is 0 Å². The van der Waals surface area contributed by atoms with Gasteiger partial charge in [-0.25, -0.2) is 0 Å². The Morgan fingerprint density at radius 1 is 1.00 bits per heavy atom. The van der Waals surface area contributed by atoms with E-state index in [9.17, 15) is 9.59 Å². The second-order valence-corrected chi connectivity index (χ2v) is 10.6. The first-order valence-electron chi connectivity index (χ1n) is 11.7. The number of carbonyl (C=O) groups is 2. The summed E-state index contributed by atoms with van der Waals surface area (Å²) in [7, 11) is 0. The molecule has 5 atom stereocenters. The molecular weight excluding hydrogens is 346 g/mol. The number of likely N-dealkylation sites (tertiary alicyclic amines) is 1. The fraction of sp³-hybridized carbons (Fsp3) is 0.760. The van der Waals surface area contributed by atoms with E-state index in [1.54, 1.807) is 0 Å². The number of piperidine rings is 1. The predicted molar refractivity (Wildman–Crippen MR) is 111 cm³/mol. The Bertz CT molecular complexity index is 759. The zero-order valence-corrected chi connectivity index (χ0v) is 17.6. The van der Waals surface area contributed by atoms with Crippen molar-refractivity contribution < 1.29 is 9.59 Å². The molecule has 4 aliphatic carbocycles. The van der Waals surface area contributed by atoms with Crippen molar-refractivity contribution in [1.82, 2.24) is 4.90 Å². The molecule has 5 rings (SSSR count). The highest BCUT2D eigenvalue weighted by Gasteiger charge is 2.58. The highest BCUT2D eigenvalue weighted by atomic mass is 16.2. The summed E-state index contributed by atoms with van der Waals surface area (Å²) in [4.78, 5) is 27.7. The lowest BCUT2D eigenvalue weighted by molar-refractivity contribution is -0.132. The number of nitrogens with zero attached hydrogens (tertiary/aromatic N) is 1. The largest absolute Gasteiger partial charge is 0.339 e. The molecule has 4 fully saturated rings. The number of Topliss-reactive ketones (excluding diaryl/α,β-unsaturated/α-hetero) is 1. The smallest absolute Gasteiger partial charge is 0.253 e. The minimum absolute atomic E-state index is 0.0430. The average molecular weight is 382 g/mol.